The van der Waals surface area contributed by atoms with E-state index in [9.17, 15) is 17.6 Å². The quantitative estimate of drug-likeness (QED) is 0.742. The first-order chi connectivity index (χ1) is 9.38. The van der Waals surface area contributed by atoms with Crippen molar-refractivity contribution in [3.05, 3.63) is 64.4 Å². The second-order valence-corrected chi connectivity index (χ2v) is 5.07. The van der Waals surface area contributed by atoms with Crippen molar-refractivity contribution < 1.29 is 17.6 Å². The highest BCUT2D eigenvalue weighted by Gasteiger charge is 2.41. The topological polar surface area (TPSA) is 12.0 Å². The van der Waals surface area contributed by atoms with Gasteiger partial charge in [-0.25, -0.2) is 4.39 Å². The molecule has 0 radical (unpaired) electrons. The summed E-state index contributed by atoms with van der Waals surface area (Å²) in [6.45, 7) is 0. The first kappa shape index (κ1) is 14.8. The lowest BCUT2D eigenvalue weighted by Gasteiger charge is -2.23. The summed E-state index contributed by atoms with van der Waals surface area (Å²) in [5.41, 5.74) is -0.176. The van der Waals surface area contributed by atoms with Gasteiger partial charge in [0.2, 0.25) is 0 Å². The second-order valence-electron chi connectivity index (χ2n) is 4.15. The van der Waals surface area contributed by atoms with E-state index in [1.807, 2.05) is 0 Å². The molecule has 2 aromatic rings. The molecule has 1 atom stereocenters. The molecule has 0 heterocycles. The molecule has 0 amide bonds. The van der Waals surface area contributed by atoms with Crippen LogP contribution in [0.5, 0.6) is 0 Å². The van der Waals surface area contributed by atoms with E-state index in [4.69, 9.17) is 0 Å². The van der Waals surface area contributed by atoms with Crippen molar-refractivity contribution in [1.82, 2.24) is 0 Å². The van der Waals surface area contributed by atoms with Crippen molar-refractivity contribution in [3.8, 4) is 0 Å². The monoisotopic (exact) mass is 347 g/mol. The molecular weight excluding hydrogens is 338 g/mol. The highest BCUT2D eigenvalue weighted by molar-refractivity contribution is 9.10. The lowest BCUT2D eigenvalue weighted by atomic mass is 10.1. The van der Waals surface area contributed by atoms with Crippen LogP contribution in [0, 0.1) is 5.82 Å². The van der Waals surface area contributed by atoms with Gasteiger partial charge in [-0.3, -0.25) is 0 Å². The number of alkyl halides is 3. The molecule has 6 heteroatoms. The van der Waals surface area contributed by atoms with E-state index >= 15 is 0 Å². The Bertz CT molecular complexity index is 583. The van der Waals surface area contributed by atoms with E-state index in [1.165, 1.54) is 36.4 Å². The van der Waals surface area contributed by atoms with E-state index in [1.54, 1.807) is 6.07 Å². The second kappa shape index (κ2) is 5.83. The van der Waals surface area contributed by atoms with E-state index in [2.05, 4.69) is 21.2 Å². The molecule has 0 aromatic heterocycles. The van der Waals surface area contributed by atoms with Crippen LogP contribution >= 0.6 is 15.9 Å². The number of benzene rings is 2. The van der Waals surface area contributed by atoms with Gasteiger partial charge in [0.25, 0.3) is 0 Å². The molecule has 1 nitrogen and oxygen atoms in total. The zero-order valence-corrected chi connectivity index (χ0v) is 11.7. The highest BCUT2D eigenvalue weighted by atomic mass is 79.9. The fourth-order valence-corrected chi connectivity index (χ4v) is 2.12. The minimum Gasteiger partial charge on any atom is -0.368 e. The maximum Gasteiger partial charge on any atom is 0.412 e. The number of hydrogen-bond acceptors (Lipinski definition) is 1. The summed E-state index contributed by atoms with van der Waals surface area (Å²) in [4.78, 5) is 0. The Morgan fingerprint density at radius 2 is 1.65 bits per heavy atom. The SMILES string of the molecule is Fc1ccc(Br)cc1NC(c1ccccc1)C(F)(F)F. The minimum absolute atomic E-state index is 0.0272. The van der Waals surface area contributed by atoms with Crippen molar-refractivity contribution in [2.75, 3.05) is 5.32 Å². The van der Waals surface area contributed by atoms with Gasteiger partial charge in [-0.05, 0) is 23.8 Å². The van der Waals surface area contributed by atoms with Crippen molar-refractivity contribution in [1.29, 1.82) is 0 Å². The summed E-state index contributed by atoms with van der Waals surface area (Å²) in [7, 11) is 0. The van der Waals surface area contributed by atoms with Gasteiger partial charge in [-0.1, -0.05) is 46.3 Å². The summed E-state index contributed by atoms with van der Waals surface area (Å²) in [6, 6.07) is 9.17. The Labute approximate surface area is 121 Å². The molecule has 0 saturated carbocycles. The number of halogens is 5. The zero-order chi connectivity index (χ0) is 14.8. The van der Waals surface area contributed by atoms with Gasteiger partial charge in [0.05, 0.1) is 5.69 Å². The van der Waals surface area contributed by atoms with E-state index in [0.29, 0.717) is 4.47 Å². The highest BCUT2D eigenvalue weighted by Crippen LogP contribution is 2.36. The molecule has 0 aliphatic carbocycles. The van der Waals surface area contributed by atoms with Gasteiger partial charge in [0, 0.05) is 4.47 Å². The molecule has 0 aliphatic heterocycles. The normalized spacial score (nSPS) is 13.1. The van der Waals surface area contributed by atoms with Crippen LogP contribution in [-0.4, -0.2) is 6.18 Å². The predicted octanol–water partition coefficient (Wildman–Crippen LogP) is 5.30. The van der Waals surface area contributed by atoms with Crippen molar-refractivity contribution in [2.45, 2.75) is 12.2 Å². The lowest BCUT2D eigenvalue weighted by Crippen LogP contribution is -2.28. The van der Waals surface area contributed by atoms with Crippen LogP contribution in [-0.2, 0) is 0 Å². The Balaban J connectivity index is 2.37. The van der Waals surface area contributed by atoms with Gasteiger partial charge >= 0.3 is 6.18 Å². The summed E-state index contributed by atoms with van der Waals surface area (Å²) in [5.74, 6) is -0.738. The zero-order valence-electron chi connectivity index (χ0n) is 10.1. The molecule has 0 spiro atoms. The van der Waals surface area contributed by atoms with E-state index < -0.39 is 18.0 Å². The molecule has 2 rings (SSSR count). The fourth-order valence-electron chi connectivity index (χ4n) is 1.76. The summed E-state index contributed by atoms with van der Waals surface area (Å²) >= 11 is 3.11. The molecule has 0 aliphatic rings. The van der Waals surface area contributed by atoms with Crippen LogP contribution in [0.4, 0.5) is 23.2 Å². The average Bonchev–Trinajstić information content (AvgIpc) is 2.39. The van der Waals surface area contributed by atoms with Gasteiger partial charge in [-0.2, -0.15) is 13.2 Å². The smallest absolute Gasteiger partial charge is 0.368 e. The summed E-state index contributed by atoms with van der Waals surface area (Å²) in [5, 5.41) is 2.21. The molecule has 20 heavy (non-hydrogen) atoms. The van der Waals surface area contributed by atoms with Gasteiger partial charge in [0.15, 0.2) is 0 Å². The van der Waals surface area contributed by atoms with E-state index in [0.717, 1.165) is 6.07 Å². The van der Waals surface area contributed by atoms with Crippen LogP contribution < -0.4 is 5.32 Å². The summed E-state index contributed by atoms with van der Waals surface area (Å²) < 4.78 is 53.5. The largest absolute Gasteiger partial charge is 0.412 e. The Morgan fingerprint density at radius 3 is 2.25 bits per heavy atom. The number of anilines is 1. The maximum atomic E-state index is 13.6. The minimum atomic E-state index is -4.53. The number of nitrogens with one attached hydrogen (secondary N) is 1. The van der Waals surface area contributed by atoms with Crippen LogP contribution in [0.1, 0.15) is 11.6 Å². The summed E-state index contributed by atoms with van der Waals surface area (Å²) in [6.07, 6.45) is -4.53. The van der Waals surface area contributed by atoms with Crippen LogP contribution in [0.2, 0.25) is 0 Å². The Hall–Kier alpha value is -1.56. The predicted molar refractivity (Wildman–Crippen MR) is 73.0 cm³/mol. The van der Waals surface area contributed by atoms with E-state index in [-0.39, 0.29) is 11.3 Å². The fraction of sp³-hybridized carbons (Fsp3) is 0.143. The standard InChI is InChI=1S/C14H10BrF4N/c15-10-6-7-11(16)12(8-10)20-13(14(17,18)19)9-4-2-1-3-5-9/h1-8,13,20H. The molecule has 2 aromatic carbocycles. The third-order valence-electron chi connectivity index (χ3n) is 2.69. The Kier molecular flexibility index (Phi) is 4.32. The molecule has 0 fully saturated rings. The molecule has 1 unspecified atom stereocenters. The first-order valence-corrected chi connectivity index (χ1v) is 6.50. The van der Waals surface area contributed by atoms with Crippen LogP contribution in [0.15, 0.2) is 53.0 Å². The van der Waals surface area contributed by atoms with Crippen molar-refractivity contribution >= 4 is 21.6 Å². The molecular formula is C14H10BrF4N. The average molecular weight is 348 g/mol. The number of rotatable bonds is 3. The molecule has 106 valence electrons. The van der Waals surface area contributed by atoms with Crippen LogP contribution in [0.3, 0.4) is 0 Å². The maximum absolute atomic E-state index is 13.6. The first-order valence-electron chi connectivity index (χ1n) is 5.71. The van der Waals surface area contributed by atoms with Gasteiger partial charge in [0.1, 0.15) is 11.9 Å². The van der Waals surface area contributed by atoms with Gasteiger partial charge < -0.3 is 5.32 Å². The molecule has 0 bridgehead atoms. The van der Waals surface area contributed by atoms with Crippen LogP contribution in [0.25, 0.3) is 0 Å². The van der Waals surface area contributed by atoms with Crippen molar-refractivity contribution in [2.24, 2.45) is 0 Å². The Morgan fingerprint density at radius 1 is 1.00 bits per heavy atom. The third kappa shape index (κ3) is 3.50. The number of hydrogen-bond donors (Lipinski definition) is 1. The molecule has 1 N–H and O–H groups in total. The van der Waals surface area contributed by atoms with Gasteiger partial charge in [-0.15, -0.1) is 0 Å². The molecule has 0 saturated heterocycles. The van der Waals surface area contributed by atoms with Crippen molar-refractivity contribution in [3.63, 3.8) is 0 Å². The lowest BCUT2D eigenvalue weighted by molar-refractivity contribution is -0.144. The third-order valence-corrected chi connectivity index (χ3v) is 3.18.